The van der Waals surface area contributed by atoms with Gasteiger partial charge in [0.1, 0.15) is 12.1 Å². The fourth-order valence-electron chi connectivity index (χ4n) is 2.97. The maximum atomic E-state index is 10.4. The van der Waals surface area contributed by atoms with Gasteiger partial charge in [0.05, 0.1) is 0 Å². The van der Waals surface area contributed by atoms with E-state index in [0.717, 1.165) is 11.1 Å². The van der Waals surface area contributed by atoms with Crippen LogP contribution in [0, 0.1) is 0 Å². The Kier molecular flexibility index (Phi) is 12.8. The molecule has 0 saturated heterocycles. The second-order valence-corrected chi connectivity index (χ2v) is 7.39. The molecule has 0 radical (unpaired) electrons. The summed E-state index contributed by atoms with van der Waals surface area (Å²) >= 11 is 0. The number of aliphatic carboxylic acids is 2. The molecule has 0 aromatic heterocycles. The predicted octanol–water partition coefficient (Wildman–Crippen LogP) is 3.62. The van der Waals surface area contributed by atoms with Crippen molar-refractivity contribution in [2.75, 3.05) is 0 Å². The molecule has 6 nitrogen and oxygen atoms in total. The van der Waals surface area contributed by atoms with Crippen molar-refractivity contribution in [1.82, 2.24) is 0 Å². The molecule has 1 aliphatic carbocycles. The van der Waals surface area contributed by atoms with Gasteiger partial charge < -0.3 is 21.7 Å². The molecule has 1 fully saturated rings. The van der Waals surface area contributed by atoms with Crippen molar-refractivity contribution < 1.29 is 19.8 Å². The van der Waals surface area contributed by atoms with Crippen molar-refractivity contribution in [3.63, 3.8) is 0 Å². The number of carboxylic acids is 2. The lowest BCUT2D eigenvalue weighted by Gasteiger charge is -2.05. The minimum Gasteiger partial charge on any atom is -0.480 e. The van der Waals surface area contributed by atoms with Crippen LogP contribution in [-0.4, -0.2) is 34.2 Å². The highest BCUT2D eigenvalue weighted by atomic mass is 16.4. The van der Waals surface area contributed by atoms with E-state index in [0.29, 0.717) is 12.8 Å². The van der Waals surface area contributed by atoms with Crippen LogP contribution in [0.25, 0.3) is 0 Å². The van der Waals surface area contributed by atoms with Gasteiger partial charge in [0.2, 0.25) is 0 Å². The maximum Gasteiger partial charge on any atom is 0.320 e. The molecule has 164 valence electrons. The number of nitrogens with two attached hydrogens (primary N) is 2. The van der Waals surface area contributed by atoms with E-state index in [-0.39, 0.29) is 0 Å². The Morgan fingerprint density at radius 3 is 1.13 bits per heavy atom. The van der Waals surface area contributed by atoms with Gasteiger partial charge in [-0.3, -0.25) is 9.59 Å². The lowest BCUT2D eigenvalue weighted by molar-refractivity contribution is -0.139. The summed E-state index contributed by atoms with van der Waals surface area (Å²) in [6.07, 6.45) is 9.77. The Morgan fingerprint density at radius 1 is 0.633 bits per heavy atom. The molecule has 0 spiro atoms. The number of hydrogen-bond acceptors (Lipinski definition) is 4. The van der Waals surface area contributed by atoms with Crippen molar-refractivity contribution in [3.05, 3.63) is 71.8 Å². The number of carbonyl (C=O) groups is 2. The standard InChI is InChI=1S/2C9H11NO2.C6H12/c2*10-8(9(11)12)6-7-4-2-1-3-5-7;1-2-4-6-5-3-1/h2*1-5,8H,6,10H2,(H,11,12);1-6H2. The third-order valence-corrected chi connectivity index (χ3v) is 4.73. The van der Waals surface area contributed by atoms with Crippen molar-refractivity contribution >= 4 is 11.9 Å². The minimum atomic E-state index is -0.959. The average molecular weight is 415 g/mol. The zero-order valence-corrected chi connectivity index (χ0v) is 17.5. The van der Waals surface area contributed by atoms with Gasteiger partial charge in [0, 0.05) is 0 Å². The third kappa shape index (κ3) is 12.0. The lowest BCUT2D eigenvalue weighted by Crippen LogP contribution is -2.32. The first-order valence-corrected chi connectivity index (χ1v) is 10.4. The first-order chi connectivity index (χ1) is 14.4. The van der Waals surface area contributed by atoms with Gasteiger partial charge in [0.25, 0.3) is 0 Å². The predicted molar refractivity (Wildman–Crippen MR) is 119 cm³/mol. The van der Waals surface area contributed by atoms with E-state index in [1.165, 1.54) is 38.5 Å². The van der Waals surface area contributed by atoms with Crippen LogP contribution < -0.4 is 11.5 Å². The number of carboxylic acid groups (broad SMARTS) is 2. The van der Waals surface area contributed by atoms with Crippen LogP contribution in [0.2, 0.25) is 0 Å². The summed E-state index contributed by atoms with van der Waals surface area (Å²) in [5, 5.41) is 17.0. The van der Waals surface area contributed by atoms with Gasteiger partial charge in [-0.1, -0.05) is 99.2 Å². The Morgan fingerprint density at radius 2 is 0.900 bits per heavy atom. The van der Waals surface area contributed by atoms with Crippen LogP contribution in [0.5, 0.6) is 0 Å². The van der Waals surface area contributed by atoms with E-state index in [1.807, 2.05) is 60.7 Å². The highest BCUT2D eigenvalue weighted by Crippen LogP contribution is 2.15. The summed E-state index contributed by atoms with van der Waals surface area (Å²) in [4.78, 5) is 20.8. The SMILES string of the molecule is C1CCCCC1.NC(Cc1ccccc1)C(=O)O.NC(Cc1ccccc1)C(=O)O. The van der Waals surface area contributed by atoms with Gasteiger partial charge in [0.15, 0.2) is 0 Å². The van der Waals surface area contributed by atoms with E-state index >= 15 is 0 Å². The van der Waals surface area contributed by atoms with Crippen molar-refractivity contribution in [1.29, 1.82) is 0 Å². The van der Waals surface area contributed by atoms with E-state index < -0.39 is 24.0 Å². The Labute approximate surface area is 178 Å². The fourth-order valence-corrected chi connectivity index (χ4v) is 2.97. The summed E-state index contributed by atoms with van der Waals surface area (Å²) in [5.41, 5.74) is 12.6. The molecule has 30 heavy (non-hydrogen) atoms. The van der Waals surface area contributed by atoms with E-state index in [1.54, 1.807) is 0 Å². The van der Waals surface area contributed by atoms with E-state index in [9.17, 15) is 9.59 Å². The minimum absolute atomic E-state index is 0.385. The molecule has 2 unspecified atom stereocenters. The van der Waals surface area contributed by atoms with E-state index in [2.05, 4.69) is 0 Å². The molecule has 0 aliphatic heterocycles. The quantitative estimate of drug-likeness (QED) is 0.572. The monoisotopic (exact) mass is 414 g/mol. The van der Waals surface area contributed by atoms with Crippen LogP contribution in [0.4, 0.5) is 0 Å². The van der Waals surface area contributed by atoms with Crippen LogP contribution in [0.1, 0.15) is 49.7 Å². The molecule has 1 aliphatic rings. The molecule has 6 N–H and O–H groups in total. The lowest BCUT2D eigenvalue weighted by atomic mass is 10.0. The van der Waals surface area contributed by atoms with E-state index in [4.69, 9.17) is 21.7 Å². The summed E-state index contributed by atoms with van der Waals surface area (Å²) in [5.74, 6) is -1.92. The molecule has 2 aromatic rings. The molecule has 2 aromatic carbocycles. The molecular weight excluding hydrogens is 380 g/mol. The maximum absolute atomic E-state index is 10.4. The average Bonchev–Trinajstić information content (AvgIpc) is 2.77. The largest absolute Gasteiger partial charge is 0.480 e. The molecule has 2 atom stereocenters. The molecule has 0 amide bonds. The Balaban J connectivity index is 0.000000237. The molecule has 0 bridgehead atoms. The zero-order valence-electron chi connectivity index (χ0n) is 17.5. The number of hydrogen-bond donors (Lipinski definition) is 4. The molecule has 6 heteroatoms. The highest BCUT2D eigenvalue weighted by molar-refractivity contribution is 5.73. The zero-order chi connectivity index (χ0) is 22.2. The van der Waals surface area contributed by atoms with Crippen LogP contribution in [0.3, 0.4) is 0 Å². The van der Waals surface area contributed by atoms with Crippen LogP contribution >= 0.6 is 0 Å². The molecule has 3 rings (SSSR count). The normalized spacial score (nSPS) is 14.7. The molecule has 0 heterocycles. The first kappa shape index (κ1) is 25.3. The molecule has 1 saturated carbocycles. The topological polar surface area (TPSA) is 127 Å². The highest BCUT2D eigenvalue weighted by Gasteiger charge is 2.11. The Hall–Kier alpha value is -2.70. The number of rotatable bonds is 6. The molecular formula is C24H34N2O4. The van der Waals surface area contributed by atoms with Gasteiger partial charge in [-0.05, 0) is 24.0 Å². The van der Waals surface area contributed by atoms with Crippen molar-refractivity contribution in [2.24, 2.45) is 11.5 Å². The number of benzene rings is 2. The summed E-state index contributed by atoms with van der Waals surface area (Å²) in [6.45, 7) is 0. The fraction of sp³-hybridized carbons (Fsp3) is 0.417. The summed E-state index contributed by atoms with van der Waals surface area (Å²) in [7, 11) is 0. The summed E-state index contributed by atoms with van der Waals surface area (Å²) in [6, 6.07) is 17.1. The van der Waals surface area contributed by atoms with Crippen LogP contribution in [0.15, 0.2) is 60.7 Å². The Bertz CT molecular complexity index is 649. The van der Waals surface area contributed by atoms with Gasteiger partial charge in [-0.25, -0.2) is 0 Å². The van der Waals surface area contributed by atoms with Crippen molar-refractivity contribution in [2.45, 2.75) is 63.5 Å². The second kappa shape index (κ2) is 15.2. The summed E-state index contributed by atoms with van der Waals surface area (Å²) < 4.78 is 0. The van der Waals surface area contributed by atoms with Gasteiger partial charge in [-0.15, -0.1) is 0 Å². The third-order valence-electron chi connectivity index (χ3n) is 4.73. The van der Waals surface area contributed by atoms with Crippen LogP contribution in [-0.2, 0) is 22.4 Å². The van der Waals surface area contributed by atoms with Crippen molar-refractivity contribution in [3.8, 4) is 0 Å². The van der Waals surface area contributed by atoms with Gasteiger partial charge >= 0.3 is 11.9 Å². The first-order valence-electron chi connectivity index (χ1n) is 10.4. The second-order valence-electron chi connectivity index (χ2n) is 7.39. The van der Waals surface area contributed by atoms with Gasteiger partial charge in [-0.2, -0.15) is 0 Å². The smallest absolute Gasteiger partial charge is 0.320 e.